The number of carbonyl (C=O) groups excluding carboxylic acids is 1. The number of benzene rings is 1. The summed E-state index contributed by atoms with van der Waals surface area (Å²) in [5, 5.41) is 4.26. The molecule has 0 aliphatic carbocycles. The Labute approximate surface area is 156 Å². The number of hydrogen-bond acceptors (Lipinski definition) is 6. The van der Waals surface area contributed by atoms with Gasteiger partial charge in [-0.25, -0.2) is 8.42 Å². The molecule has 1 aromatic carbocycles. The molecule has 4 rings (SSSR count). The van der Waals surface area contributed by atoms with Crippen molar-refractivity contribution in [3.8, 4) is 11.5 Å². The minimum Gasteiger partial charge on any atom is -0.454 e. The predicted molar refractivity (Wildman–Crippen MR) is 96.2 cm³/mol. The molecule has 0 radical (unpaired) electrons. The van der Waals surface area contributed by atoms with Crippen molar-refractivity contribution < 1.29 is 22.7 Å². The number of piperidine rings is 1. The molecule has 1 aromatic heterocycles. The lowest BCUT2D eigenvalue weighted by Crippen LogP contribution is -2.52. The average molecular weight is 392 g/mol. The molecule has 1 amide bonds. The summed E-state index contributed by atoms with van der Waals surface area (Å²) in [6, 6.07) is 5.37. The van der Waals surface area contributed by atoms with E-state index in [4.69, 9.17) is 9.47 Å². The van der Waals surface area contributed by atoms with Crippen LogP contribution in [0.4, 0.5) is 5.82 Å². The molecule has 10 heteroatoms. The van der Waals surface area contributed by atoms with E-state index in [1.165, 1.54) is 12.1 Å². The number of amides is 1. The van der Waals surface area contributed by atoms with Crippen LogP contribution in [0, 0.1) is 6.92 Å². The predicted octanol–water partition coefficient (Wildman–Crippen LogP) is 0.931. The number of aromatic nitrogens is 2. The van der Waals surface area contributed by atoms with Gasteiger partial charge in [-0.2, -0.15) is 9.82 Å². The van der Waals surface area contributed by atoms with Gasteiger partial charge in [0.05, 0.1) is 10.6 Å². The number of carbonyl (C=O) groups is 1. The van der Waals surface area contributed by atoms with Crippen LogP contribution in [0.5, 0.6) is 11.5 Å². The summed E-state index contributed by atoms with van der Waals surface area (Å²) in [4.78, 5) is 14.5. The fraction of sp³-hybridized carbons (Fsp3) is 0.412. The van der Waals surface area contributed by atoms with Crippen molar-refractivity contribution in [2.75, 3.05) is 18.2 Å². The van der Waals surface area contributed by atoms with Crippen molar-refractivity contribution >= 4 is 21.7 Å². The normalized spacial score (nSPS) is 19.6. The van der Waals surface area contributed by atoms with Gasteiger partial charge in [-0.05, 0) is 31.9 Å². The third kappa shape index (κ3) is 3.26. The third-order valence-corrected chi connectivity index (χ3v) is 6.11. The smallest absolute Gasteiger partial charge is 0.246 e. The highest BCUT2D eigenvalue weighted by atomic mass is 32.2. The summed E-state index contributed by atoms with van der Waals surface area (Å²) in [6.45, 7) is 2.43. The Morgan fingerprint density at radius 3 is 2.74 bits per heavy atom. The van der Waals surface area contributed by atoms with E-state index in [0.29, 0.717) is 36.7 Å². The van der Waals surface area contributed by atoms with Crippen LogP contribution in [0.3, 0.4) is 0 Å². The molecule has 1 N–H and O–H groups in total. The van der Waals surface area contributed by atoms with E-state index in [-0.39, 0.29) is 17.6 Å². The van der Waals surface area contributed by atoms with Crippen LogP contribution in [-0.4, -0.2) is 43.5 Å². The van der Waals surface area contributed by atoms with Gasteiger partial charge < -0.3 is 9.47 Å². The number of ether oxygens (including phenoxy) is 2. The minimum absolute atomic E-state index is 0.0352. The Kier molecular flexibility index (Phi) is 4.31. The molecule has 144 valence electrons. The van der Waals surface area contributed by atoms with E-state index in [0.717, 1.165) is 5.69 Å². The van der Waals surface area contributed by atoms with Gasteiger partial charge in [-0.1, -0.05) is 0 Å². The molecule has 0 bridgehead atoms. The van der Waals surface area contributed by atoms with Crippen molar-refractivity contribution in [3.63, 3.8) is 0 Å². The second-order valence-electron chi connectivity index (χ2n) is 6.59. The quantitative estimate of drug-likeness (QED) is 0.830. The highest BCUT2D eigenvalue weighted by molar-refractivity contribution is 7.89. The van der Waals surface area contributed by atoms with Gasteiger partial charge >= 0.3 is 0 Å². The van der Waals surface area contributed by atoms with Crippen LogP contribution in [-0.2, 0) is 21.9 Å². The molecule has 0 saturated carbocycles. The van der Waals surface area contributed by atoms with Gasteiger partial charge in [0, 0.05) is 25.7 Å². The van der Waals surface area contributed by atoms with Gasteiger partial charge in [-0.15, -0.1) is 0 Å². The molecule has 2 aliphatic heterocycles. The first-order valence-corrected chi connectivity index (χ1v) is 10.1. The zero-order valence-corrected chi connectivity index (χ0v) is 15.8. The van der Waals surface area contributed by atoms with Crippen molar-refractivity contribution in [2.45, 2.75) is 30.7 Å². The Morgan fingerprint density at radius 2 is 2.00 bits per heavy atom. The third-order valence-electron chi connectivity index (χ3n) is 4.64. The Balaban J connectivity index is 1.56. The average Bonchev–Trinajstić information content (AvgIpc) is 3.21. The van der Waals surface area contributed by atoms with E-state index in [2.05, 4.69) is 9.82 Å². The molecular weight excluding hydrogens is 372 g/mol. The number of fused-ring (bicyclic) bond motifs is 1. The Bertz CT molecular complexity index is 1000. The van der Waals surface area contributed by atoms with Gasteiger partial charge in [0.25, 0.3) is 0 Å². The van der Waals surface area contributed by atoms with E-state index in [9.17, 15) is 13.2 Å². The summed E-state index contributed by atoms with van der Waals surface area (Å²) in [5.74, 6) is 1.25. The topological polar surface area (TPSA) is 103 Å². The Morgan fingerprint density at radius 1 is 1.22 bits per heavy atom. The molecular formula is C17H20N4O5S. The lowest BCUT2D eigenvalue weighted by molar-refractivity contribution is -0.121. The first-order chi connectivity index (χ1) is 12.8. The Hall–Kier alpha value is -2.59. The summed E-state index contributed by atoms with van der Waals surface area (Å²) >= 11 is 0. The summed E-state index contributed by atoms with van der Waals surface area (Å²) in [7, 11) is -2.12. The van der Waals surface area contributed by atoms with Crippen LogP contribution < -0.4 is 19.1 Å². The van der Waals surface area contributed by atoms with Crippen LogP contribution in [0.25, 0.3) is 0 Å². The van der Waals surface area contributed by atoms with Crippen LogP contribution in [0.2, 0.25) is 0 Å². The number of rotatable bonds is 4. The second kappa shape index (κ2) is 6.54. The van der Waals surface area contributed by atoms with Crippen LogP contribution in [0.15, 0.2) is 29.2 Å². The number of anilines is 1. The van der Waals surface area contributed by atoms with Crippen molar-refractivity contribution in [2.24, 2.45) is 7.05 Å². The largest absolute Gasteiger partial charge is 0.454 e. The van der Waals surface area contributed by atoms with Gasteiger partial charge in [0.1, 0.15) is 11.9 Å². The number of sulfonamides is 1. The monoisotopic (exact) mass is 392 g/mol. The molecule has 2 aromatic rings. The van der Waals surface area contributed by atoms with Crippen molar-refractivity contribution in [1.29, 1.82) is 0 Å². The number of aryl methyl sites for hydroxylation is 2. The summed E-state index contributed by atoms with van der Waals surface area (Å²) < 4.78 is 40.1. The molecule has 3 heterocycles. The maximum absolute atomic E-state index is 12.9. The standard InChI is InChI=1S/C17H20N4O5S/c1-11-8-16(20(2)18-11)21-7-3-4-13(17(21)22)19-27(23,24)12-5-6-14-15(9-12)26-10-25-14/h5-6,8-9,13,19H,3-4,7,10H2,1-2H3/t13-/m1/s1. The van der Waals surface area contributed by atoms with E-state index in [1.54, 1.807) is 22.7 Å². The fourth-order valence-corrected chi connectivity index (χ4v) is 4.60. The number of nitrogens with zero attached hydrogens (tertiary/aromatic N) is 3. The zero-order valence-electron chi connectivity index (χ0n) is 15.0. The first kappa shape index (κ1) is 17.8. The second-order valence-corrected chi connectivity index (χ2v) is 8.30. The minimum atomic E-state index is -3.88. The van der Waals surface area contributed by atoms with Crippen LogP contribution >= 0.6 is 0 Å². The van der Waals surface area contributed by atoms with Crippen molar-refractivity contribution in [1.82, 2.24) is 14.5 Å². The van der Waals surface area contributed by atoms with Gasteiger partial charge in [0.2, 0.25) is 22.7 Å². The number of hydrogen-bond donors (Lipinski definition) is 1. The van der Waals surface area contributed by atoms with E-state index < -0.39 is 16.1 Å². The zero-order chi connectivity index (χ0) is 19.2. The highest BCUT2D eigenvalue weighted by Gasteiger charge is 2.34. The highest BCUT2D eigenvalue weighted by Crippen LogP contribution is 2.34. The SMILES string of the molecule is Cc1cc(N2CCC[C@@H](NS(=O)(=O)c3ccc4c(c3)OCO4)C2=O)n(C)n1. The molecule has 0 spiro atoms. The van der Waals surface area contributed by atoms with E-state index in [1.807, 2.05) is 13.0 Å². The molecule has 9 nitrogen and oxygen atoms in total. The molecule has 1 saturated heterocycles. The lowest BCUT2D eigenvalue weighted by atomic mass is 10.1. The maximum atomic E-state index is 12.9. The first-order valence-electron chi connectivity index (χ1n) is 8.59. The molecule has 0 unspecified atom stereocenters. The molecule has 27 heavy (non-hydrogen) atoms. The van der Waals surface area contributed by atoms with Crippen molar-refractivity contribution in [3.05, 3.63) is 30.0 Å². The van der Waals surface area contributed by atoms with E-state index >= 15 is 0 Å². The summed E-state index contributed by atoms with van der Waals surface area (Å²) in [6.07, 6.45) is 1.13. The number of nitrogens with one attached hydrogen (secondary N) is 1. The molecule has 2 aliphatic rings. The molecule has 1 fully saturated rings. The fourth-order valence-electron chi connectivity index (χ4n) is 3.36. The van der Waals surface area contributed by atoms with Gasteiger partial charge in [-0.3, -0.25) is 14.4 Å². The summed E-state index contributed by atoms with van der Waals surface area (Å²) in [5.41, 5.74) is 0.795. The molecule has 1 atom stereocenters. The maximum Gasteiger partial charge on any atom is 0.246 e. The lowest BCUT2D eigenvalue weighted by Gasteiger charge is -2.32. The van der Waals surface area contributed by atoms with Gasteiger partial charge in [0.15, 0.2) is 11.5 Å². The van der Waals surface area contributed by atoms with Crippen LogP contribution in [0.1, 0.15) is 18.5 Å².